The van der Waals surface area contributed by atoms with Crippen LogP contribution in [0.3, 0.4) is 0 Å². The number of pyridine rings is 1. The SMILES string of the molecule is Cc1cncc2c(F)c[nH]c12. The van der Waals surface area contributed by atoms with Gasteiger partial charge in [-0.2, -0.15) is 0 Å². The molecule has 0 aromatic carbocycles. The first-order valence-corrected chi connectivity index (χ1v) is 3.36. The van der Waals surface area contributed by atoms with Gasteiger partial charge in [-0.1, -0.05) is 0 Å². The van der Waals surface area contributed by atoms with Crippen LogP contribution in [-0.4, -0.2) is 9.97 Å². The van der Waals surface area contributed by atoms with Gasteiger partial charge in [-0.15, -0.1) is 0 Å². The molecule has 1 N–H and O–H groups in total. The van der Waals surface area contributed by atoms with Crippen molar-refractivity contribution < 1.29 is 4.39 Å². The molecule has 2 rings (SSSR count). The molecule has 0 radical (unpaired) electrons. The second kappa shape index (κ2) is 2.05. The highest BCUT2D eigenvalue weighted by Gasteiger charge is 2.03. The van der Waals surface area contributed by atoms with Gasteiger partial charge in [-0.25, -0.2) is 4.39 Å². The number of H-pyrrole nitrogens is 1. The van der Waals surface area contributed by atoms with Crippen molar-refractivity contribution in [3.8, 4) is 0 Å². The maximum absolute atomic E-state index is 12.9. The van der Waals surface area contributed by atoms with Gasteiger partial charge in [0.15, 0.2) is 0 Å². The predicted octanol–water partition coefficient (Wildman–Crippen LogP) is 2.01. The lowest BCUT2D eigenvalue weighted by Gasteiger charge is -1.92. The molecule has 2 heterocycles. The monoisotopic (exact) mass is 150 g/mol. The molecule has 0 aliphatic rings. The molecule has 2 aromatic heterocycles. The van der Waals surface area contributed by atoms with Crippen molar-refractivity contribution >= 4 is 10.9 Å². The fourth-order valence-corrected chi connectivity index (χ4v) is 1.15. The highest BCUT2D eigenvalue weighted by atomic mass is 19.1. The Labute approximate surface area is 63.1 Å². The van der Waals surface area contributed by atoms with Crippen LogP contribution < -0.4 is 0 Å². The average Bonchev–Trinajstić information content (AvgIpc) is 2.35. The minimum Gasteiger partial charge on any atom is -0.358 e. The Morgan fingerprint density at radius 2 is 2.27 bits per heavy atom. The van der Waals surface area contributed by atoms with Crippen molar-refractivity contribution in [3.63, 3.8) is 0 Å². The van der Waals surface area contributed by atoms with E-state index >= 15 is 0 Å². The zero-order valence-electron chi connectivity index (χ0n) is 6.06. The van der Waals surface area contributed by atoms with Crippen LogP contribution in [0.5, 0.6) is 0 Å². The molecule has 0 unspecified atom stereocenters. The molecule has 0 bridgehead atoms. The Bertz CT molecular complexity index is 392. The van der Waals surface area contributed by atoms with E-state index in [4.69, 9.17) is 0 Å². The second-order valence-corrected chi connectivity index (χ2v) is 2.52. The minimum atomic E-state index is -0.240. The van der Waals surface area contributed by atoms with Gasteiger partial charge in [0, 0.05) is 18.6 Å². The minimum absolute atomic E-state index is 0.240. The van der Waals surface area contributed by atoms with Gasteiger partial charge in [0.2, 0.25) is 0 Å². The van der Waals surface area contributed by atoms with Crippen molar-refractivity contribution in [2.24, 2.45) is 0 Å². The maximum Gasteiger partial charge on any atom is 0.150 e. The molecule has 0 saturated carbocycles. The lowest BCUT2D eigenvalue weighted by Crippen LogP contribution is -1.78. The molecule has 2 nitrogen and oxygen atoms in total. The van der Waals surface area contributed by atoms with Gasteiger partial charge in [0.25, 0.3) is 0 Å². The third-order valence-electron chi connectivity index (χ3n) is 1.74. The van der Waals surface area contributed by atoms with Gasteiger partial charge in [-0.05, 0) is 12.5 Å². The zero-order chi connectivity index (χ0) is 7.84. The molecule has 0 amide bonds. The summed E-state index contributed by atoms with van der Waals surface area (Å²) in [4.78, 5) is 6.73. The van der Waals surface area contributed by atoms with Crippen LogP contribution in [0.2, 0.25) is 0 Å². The molecule has 56 valence electrons. The Morgan fingerprint density at radius 3 is 3.00 bits per heavy atom. The fraction of sp³-hybridized carbons (Fsp3) is 0.125. The Balaban J connectivity index is 2.94. The Kier molecular flexibility index (Phi) is 1.18. The summed E-state index contributed by atoms with van der Waals surface area (Å²) in [6, 6.07) is 0. The molecular weight excluding hydrogens is 143 g/mol. The molecule has 0 saturated heterocycles. The summed E-state index contributed by atoms with van der Waals surface area (Å²) in [5, 5.41) is 0.560. The molecule has 0 aliphatic heterocycles. The smallest absolute Gasteiger partial charge is 0.150 e. The third-order valence-corrected chi connectivity index (χ3v) is 1.74. The van der Waals surface area contributed by atoms with Gasteiger partial charge < -0.3 is 4.98 Å². The molecule has 0 fully saturated rings. The van der Waals surface area contributed by atoms with Crippen LogP contribution in [0.4, 0.5) is 4.39 Å². The highest BCUT2D eigenvalue weighted by molar-refractivity contribution is 5.81. The highest BCUT2D eigenvalue weighted by Crippen LogP contribution is 2.17. The summed E-state index contributed by atoms with van der Waals surface area (Å²) in [6.45, 7) is 1.89. The van der Waals surface area contributed by atoms with E-state index in [9.17, 15) is 4.39 Å². The summed E-state index contributed by atoms with van der Waals surface area (Å²) >= 11 is 0. The van der Waals surface area contributed by atoms with Gasteiger partial charge >= 0.3 is 0 Å². The lowest BCUT2D eigenvalue weighted by atomic mass is 10.2. The molecular formula is C8H7FN2. The predicted molar refractivity (Wildman–Crippen MR) is 40.8 cm³/mol. The number of aryl methyl sites for hydroxylation is 1. The number of nitrogens with zero attached hydrogens (tertiary/aromatic N) is 1. The van der Waals surface area contributed by atoms with Gasteiger partial charge in [-0.3, -0.25) is 4.98 Å². The van der Waals surface area contributed by atoms with Crippen molar-refractivity contribution in [1.82, 2.24) is 9.97 Å². The number of fused-ring (bicyclic) bond motifs is 1. The third kappa shape index (κ3) is 0.808. The van der Waals surface area contributed by atoms with E-state index in [2.05, 4.69) is 9.97 Å². The van der Waals surface area contributed by atoms with Crippen LogP contribution in [0.15, 0.2) is 18.6 Å². The van der Waals surface area contributed by atoms with Gasteiger partial charge in [0.05, 0.1) is 10.9 Å². The molecule has 3 heteroatoms. The summed E-state index contributed by atoms with van der Waals surface area (Å²) < 4.78 is 12.9. The first-order chi connectivity index (χ1) is 5.29. The molecule has 11 heavy (non-hydrogen) atoms. The molecule has 0 atom stereocenters. The first-order valence-electron chi connectivity index (χ1n) is 3.36. The average molecular weight is 150 g/mol. The second-order valence-electron chi connectivity index (χ2n) is 2.52. The summed E-state index contributed by atoms with van der Waals surface area (Å²) in [5.74, 6) is -0.240. The van der Waals surface area contributed by atoms with Crippen LogP contribution in [0.25, 0.3) is 10.9 Å². The van der Waals surface area contributed by atoms with E-state index in [1.165, 1.54) is 12.4 Å². The van der Waals surface area contributed by atoms with Crippen LogP contribution in [0, 0.1) is 12.7 Å². The summed E-state index contributed by atoms with van der Waals surface area (Å²) in [7, 11) is 0. The maximum atomic E-state index is 12.9. The molecule has 0 aliphatic carbocycles. The van der Waals surface area contributed by atoms with Crippen LogP contribution in [0.1, 0.15) is 5.56 Å². The fourth-order valence-electron chi connectivity index (χ4n) is 1.15. The van der Waals surface area contributed by atoms with Crippen molar-refractivity contribution in [2.45, 2.75) is 6.92 Å². The number of rotatable bonds is 0. The first kappa shape index (κ1) is 6.34. The Morgan fingerprint density at radius 1 is 1.45 bits per heavy atom. The van der Waals surface area contributed by atoms with Crippen molar-refractivity contribution in [2.75, 3.05) is 0 Å². The number of aromatic amines is 1. The van der Waals surface area contributed by atoms with E-state index in [-0.39, 0.29) is 5.82 Å². The van der Waals surface area contributed by atoms with Crippen LogP contribution >= 0.6 is 0 Å². The largest absolute Gasteiger partial charge is 0.358 e. The van der Waals surface area contributed by atoms with E-state index in [0.29, 0.717) is 5.39 Å². The quantitative estimate of drug-likeness (QED) is 0.611. The van der Waals surface area contributed by atoms with E-state index in [0.717, 1.165) is 11.1 Å². The van der Waals surface area contributed by atoms with Gasteiger partial charge in [0.1, 0.15) is 5.82 Å². The van der Waals surface area contributed by atoms with Crippen molar-refractivity contribution in [3.05, 3.63) is 30.0 Å². The van der Waals surface area contributed by atoms with Crippen LogP contribution in [-0.2, 0) is 0 Å². The van der Waals surface area contributed by atoms with E-state index in [1.807, 2.05) is 6.92 Å². The lowest BCUT2D eigenvalue weighted by molar-refractivity contribution is 0.639. The van der Waals surface area contributed by atoms with Crippen molar-refractivity contribution in [1.29, 1.82) is 0 Å². The molecule has 2 aromatic rings. The Hall–Kier alpha value is -1.38. The number of aromatic nitrogens is 2. The summed E-state index contributed by atoms with van der Waals surface area (Å²) in [6.07, 6.45) is 4.58. The topological polar surface area (TPSA) is 28.7 Å². The number of hydrogen-bond acceptors (Lipinski definition) is 1. The zero-order valence-corrected chi connectivity index (χ0v) is 6.06. The molecule has 0 spiro atoms. The number of nitrogens with one attached hydrogen (secondary N) is 1. The van der Waals surface area contributed by atoms with E-state index < -0.39 is 0 Å². The van der Waals surface area contributed by atoms with E-state index in [1.54, 1.807) is 6.20 Å². The standard InChI is InChI=1S/C8H7FN2/c1-5-2-10-3-6-7(9)4-11-8(5)6/h2-4,11H,1H3. The number of halogens is 1. The summed E-state index contributed by atoms with van der Waals surface area (Å²) in [5.41, 5.74) is 1.80. The normalized spacial score (nSPS) is 10.7. The number of hydrogen-bond donors (Lipinski definition) is 1.